The van der Waals surface area contributed by atoms with Gasteiger partial charge < -0.3 is 14.8 Å². The summed E-state index contributed by atoms with van der Waals surface area (Å²) in [6.45, 7) is 1.84. The molecule has 7 nitrogen and oxygen atoms in total. The molecule has 0 aliphatic carbocycles. The van der Waals surface area contributed by atoms with Crippen LogP contribution in [0.15, 0.2) is 90.0 Å². The Hall–Kier alpha value is -3.97. The molecule has 0 aliphatic heterocycles. The zero-order valence-corrected chi connectivity index (χ0v) is 18.6. The van der Waals surface area contributed by atoms with Crippen molar-refractivity contribution in [3.63, 3.8) is 0 Å². The maximum absolute atomic E-state index is 12.3. The number of carbonyl (C=O) groups is 2. The van der Waals surface area contributed by atoms with Gasteiger partial charge in [-0.1, -0.05) is 60.7 Å². The van der Waals surface area contributed by atoms with Crippen LogP contribution in [-0.2, 0) is 14.3 Å². The summed E-state index contributed by atoms with van der Waals surface area (Å²) in [4.78, 5) is 24.5. The Morgan fingerprint density at radius 2 is 1.52 bits per heavy atom. The third kappa shape index (κ3) is 7.29. The summed E-state index contributed by atoms with van der Waals surface area (Å²) in [6.07, 6.45) is 0.781. The zero-order chi connectivity index (χ0) is 23.5. The minimum Gasteiger partial charge on any atom is -0.484 e. The largest absolute Gasteiger partial charge is 0.484 e. The SMILES string of the molecule is CO[C@@H](C(=O)N/N=C\c1ccc(OCC(=O)N[C@H](C)c2ccccc2)cc1)c1ccccc1. The van der Waals surface area contributed by atoms with Gasteiger partial charge in [-0.25, -0.2) is 5.43 Å². The molecule has 3 aromatic rings. The van der Waals surface area contributed by atoms with Gasteiger partial charge in [-0.3, -0.25) is 9.59 Å². The smallest absolute Gasteiger partial charge is 0.273 e. The summed E-state index contributed by atoms with van der Waals surface area (Å²) in [5.41, 5.74) is 5.03. The first kappa shape index (κ1) is 23.7. The van der Waals surface area contributed by atoms with Crippen LogP contribution in [0.2, 0.25) is 0 Å². The van der Waals surface area contributed by atoms with Gasteiger partial charge in [0.15, 0.2) is 12.7 Å². The van der Waals surface area contributed by atoms with Crippen LogP contribution in [0.1, 0.15) is 35.8 Å². The fourth-order valence-electron chi connectivity index (χ4n) is 3.16. The highest BCUT2D eigenvalue weighted by molar-refractivity contribution is 5.85. The average molecular weight is 446 g/mol. The normalized spacial score (nSPS) is 12.7. The molecular formula is C26H27N3O4. The number of hydrogen-bond acceptors (Lipinski definition) is 5. The molecule has 0 saturated carbocycles. The van der Waals surface area contributed by atoms with E-state index >= 15 is 0 Å². The molecule has 0 aliphatic rings. The highest BCUT2D eigenvalue weighted by Crippen LogP contribution is 2.16. The van der Waals surface area contributed by atoms with E-state index in [-0.39, 0.29) is 24.5 Å². The van der Waals surface area contributed by atoms with Gasteiger partial charge in [0.25, 0.3) is 11.8 Å². The van der Waals surface area contributed by atoms with Crippen molar-refractivity contribution in [2.24, 2.45) is 5.10 Å². The first-order chi connectivity index (χ1) is 16.1. The number of hydrazone groups is 1. The van der Waals surface area contributed by atoms with Crippen LogP contribution in [-0.4, -0.2) is 31.7 Å². The van der Waals surface area contributed by atoms with E-state index < -0.39 is 6.10 Å². The summed E-state index contributed by atoms with van der Waals surface area (Å²) in [7, 11) is 1.47. The maximum atomic E-state index is 12.3. The number of methoxy groups -OCH3 is 1. The van der Waals surface area contributed by atoms with Gasteiger partial charge in [0, 0.05) is 7.11 Å². The van der Waals surface area contributed by atoms with E-state index in [9.17, 15) is 9.59 Å². The van der Waals surface area contributed by atoms with E-state index in [1.54, 1.807) is 24.3 Å². The molecule has 0 saturated heterocycles. The molecule has 3 aromatic carbocycles. The summed E-state index contributed by atoms with van der Waals surface area (Å²) in [5, 5.41) is 6.90. The number of nitrogens with one attached hydrogen (secondary N) is 2. The number of carbonyl (C=O) groups excluding carboxylic acids is 2. The van der Waals surface area contributed by atoms with Crippen LogP contribution in [0.4, 0.5) is 0 Å². The molecule has 0 heterocycles. The summed E-state index contributed by atoms with van der Waals surface area (Å²) in [6, 6.07) is 25.9. The molecule has 2 N–H and O–H groups in total. The van der Waals surface area contributed by atoms with E-state index in [4.69, 9.17) is 9.47 Å². The van der Waals surface area contributed by atoms with Crippen LogP contribution in [0.3, 0.4) is 0 Å². The molecule has 0 fully saturated rings. The third-order valence-electron chi connectivity index (χ3n) is 4.89. The second-order valence-corrected chi connectivity index (χ2v) is 7.32. The van der Waals surface area contributed by atoms with Crippen molar-refractivity contribution in [3.05, 3.63) is 102 Å². The quantitative estimate of drug-likeness (QED) is 0.367. The van der Waals surface area contributed by atoms with Crippen LogP contribution < -0.4 is 15.5 Å². The molecule has 0 spiro atoms. The van der Waals surface area contributed by atoms with Crippen molar-refractivity contribution in [1.82, 2.24) is 10.7 Å². The summed E-state index contributed by atoms with van der Waals surface area (Å²) in [5.74, 6) is -0.0105. The Morgan fingerprint density at radius 3 is 2.12 bits per heavy atom. The molecular weight excluding hydrogens is 418 g/mol. The lowest BCUT2D eigenvalue weighted by atomic mass is 10.1. The minimum atomic E-state index is -0.741. The van der Waals surface area contributed by atoms with E-state index in [2.05, 4.69) is 15.8 Å². The average Bonchev–Trinajstić information content (AvgIpc) is 2.85. The number of ether oxygens (including phenoxy) is 2. The lowest BCUT2D eigenvalue weighted by molar-refractivity contribution is -0.131. The number of amides is 2. The Labute approximate surface area is 193 Å². The molecule has 33 heavy (non-hydrogen) atoms. The lowest BCUT2D eigenvalue weighted by Gasteiger charge is -2.14. The van der Waals surface area contributed by atoms with Gasteiger partial charge in [-0.2, -0.15) is 5.10 Å². The predicted octanol–water partition coefficient (Wildman–Crippen LogP) is 3.78. The Bertz CT molecular complexity index is 1050. The standard InChI is InChI=1S/C26H27N3O4/c1-19(21-9-5-3-6-10-21)28-24(30)18-33-23-15-13-20(14-16-23)17-27-29-26(31)25(32-2)22-11-7-4-8-12-22/h3-17,19,25H,18H2,1-2H3,(H,28,30)(H,29,31)/b27-17-/t19-,25-/m1/s1. The van der Waals surface area contributed by atoms with Gasteiger partial charge in [0.1, 0.15) is 5.75 Å². The Balaban J connectivity index is 1.45. The molecule has 0 aromatic heterocycles. The second kappa shape index (κ2) is 12.2. The number of benzene rings is 3. The lowest BCUT2D eigenvalue weighted by Crippen LogP contribution is -2.31. The predicted molar refractivity (Wildman–Crippen MR) is 127 cm³/mol. The zero-order valence-electron chi connectivity index (χ0n) is 18.6. The van der Waals surface area contributed by atoms with Gasteiger partial charge in [-0.05, 0) is 47.9 Å². The molecule has 3 rings (SSSR count). The minimum absolute atomic E-state index is 0.0848. The molecule has 0 unspecified atom stereocenters. The van der Waals surface area contributed by atoms with Crippen LogP contribution >= 0.6 is 0 Å². The number of rotatable bonds is 10. The van der Waals surface area contributed by atoms with E-state index in [0.717, 1.165) is 16.7 Å². The Morgan fingerprint density at radius 1 is 0.909 bits per heavy atom. The van der Waals surface area contributed by atoms with Gasteiger partial charge in [0.05, 0.1) is 12.3 Å². The highest BCUT2D eigenvalue weighted by atomic mass is 16.5. The summed E-state index contributed by atoms with van der Waals surface area (Å²) < 4.78 is 10.8. The monoisotopic (exact) mass is 445 g/mol. The van der Waals surface area contributed by atoms with Crippen molar-refractivity contribution in [2.75, 3.05) is 13.7 Å². The van der Waals surface area contributed by atoms with Gasteiger partial charge >= 0.3 is 0 Å². The van der Waals surface area contributed by atoms with Gasteiger partial charge in [0.2, 0.25) is 0 Å². The molecule has 2 amide bonds. The maximum Gasteiger partial charge on any atom is 0.273 e. The number of nitrogens with zero attached hydrogens (tertiary/aromatic N) is 1. The van der Waals surface area contributed by atoms with Crippen molar-refractivity contribution < 1.29 is 19.1 Å². The molecule has 0 radical (unpaired) electrons. The van der Waals surface area contributed by atoms with Crippen LogP contribution in [0.25, 0.3) is 0 Å². The molecule has 2 atom stereocenters. The Kier molecular flexibility index (Phi) is 8.73. The first-order valence-corrected chi connectivity index (χ1v) is 10.5. The van der Waals surface area contributed by atoms with E-state index in [1.807, 2.05) is 67.6 Å². The van der Waals surface area contributed by atoms with Crippen molar-refractivity contribution >= 4 is 18.0 Å². The van der Waals surface area contributed by atoms with Crippen LogP contribution in [0.5, 0.6) is 5.75 Å². The number of hydrogen-bond donors (Lipinski definition) is 2. The fourth-order valence-corrected chi connectivity index (χ4v) is 3.16. The summed E-state index contributed by atoms with van der Waals surface area (Å²) >= 11 is 0. The van der Waals surface area contributed by atoms with Crippen molar-refractivity contribution in [3.8, 4) is 5.75 Å². The molecule has 0 bridgehead atoms. The third-order valence-corrected chi connectivity index (χ3v) is 4.89. The fraction of sp³-hybridized carbons (Fsp3) is 0.192. The van der Waals surface area contributed by atoms with E-state index in [1.165, 1.54) is 13.3 Å². The van der Waals surface area contributed by atoms with Gasteiger partial charge in [-0.15, -0.1) is 0 Å². The molecule has 7 heteroatoms. The van der Waals surface area contributed by atoms with Crippen LogP contribution in [0, 0.1) is 0 Å². The first-order valence-electron chi connectivity index (χ1n) is 10.5. The van der Waals surface area contributed by atoms with Crippen molar-refractivity contribution in [2.45, 2.75) is 19.1 Å². The second-order valence-electron chi connectivity index (χ2n) is 7.32. The highest BCUT2D eigenvalue weighted by Gasteiger charge is 2.19. The topological polar surface area (TPSA) is 89.0 Å². The van der Waals surface area contributed by atoms with Crippen molar-refractivity contribution in [1.29, 1.82) is 0 Å². The molecule has 170 valence electrons. The van der Waals surface area contributed by atoms with E-state index in [0.29, 0.717) is 5.75 Å².